The van der Waals surface area contributed by atoms with E-state index in [0.29, 0.717) is 5.69 Å². The maximum Gasteiger partial charge on any atom is 0.228 e. The maximum atomic E-state index is 11.6. The Morgan fingerprint density at radius 2 is 2.38 bits per heavy atom. The lowest BCUT2D eigenvalue weighted by molar-refractivity contribution is 0.571. The van der Waals surface area contributed by atoms with Crippen molar-refractivity contribution in [3.8, 4) is 6.07 Å². The molecule has 0 aliphatic heterocycles. The lowest BCUT2D eigenvalue weighted by Crippen LogP contribution is -2.32. The van der Waals surface area contributed by atoms with Gasteiger partial charge in [-0.1, -0.05) is 6.92 Å². The number of hydrogen-bond donors (Lipinski definition) is 1. The van der Waals surface area contributed by atoms with Gasteiger partial charge in [0.1, 0.15) is 6.33 Å². The summed E-state index contributed by atoms with van der Waals surface area (Å²) in [4.78, 5) is 7.59. The van der Waals surface area contributed by atoms with Crippen molar-refractivity contribution in [2.75, 3.05) is 0 Å². The Balaban J connectivity index is 2.66. The summed E-state index contributed by atoms with van der Waals surface area (Å²) < 4.78 is 25.5. The molecule has 1 atom stereocenters. The van der Waals surface area contributed by atoms with Crippen LogP contribution in [0.2, 0.25) is 0 Å². The summed E-state index contributed by atoms with van der Waals surface area (Å²) in [6.45, 7) is 1.72. The number of aromatic nitrogens is 2. The molecule has 1 aromatic heterocycles. The van der Waals surface area contributed by atoms with Crippen LogP contribution in [0, 0.1) is 11.3 Å². The number of rotatable bonds is 5. The van der Waals surface area contributed by atoms with Gasteiger partial charge in [0, 0.05) is 6.20 Å². The Morgan fingerprint density at radius 3 is 2.88 bits per heavy atom. The predicted octanol–water partition coefficient (Wildman–Crippen LogP) is 0.198. The van der Waals surface area contributed by atoms with Gasteiger partial charge >= 0.3 is 0 Å². The fraction of sp³-hybridized carbons (Fsp3) is 0.444. The average Bonchev–Trinajstić information content (AvgIpc) is 2.29. The number of nitrogens with zero attached hydrogens (tertiary/aromatic N) is 3. The molecule has 86 valence electrons. The lowest BCUT2D eigenvalue weighted by atomic mass is 10.4. The van der Waals surface area contributed by atoms with E-state index in [4.69, 9.17) is 5.26 Å². The molecule has 0 saturated heterocycles. The summed E-state index contributed by atoms with van der Waals surface area (Å²) >= 11 is 0. The van der Waals surface area contributed by atoms with Gasteiger partial charge in [-0.05, 0) is 12.5 Å². The van der Waals surface area contributed by atoms with Crippen LogP contribution in [-0.2, 0) is 16.6 Å². The topological polar surface area (TPSA) is 95.7 Å². The standard InChI is InChI=1S/C9H12N4O2S/c1-2-9(5-10)16(14,15)13-6-8-3-4-11-7-12-8/h3-4,7,9,13H,2,6H2,1H3. The first kappa shape index (κ1) is 12.5. The third-order valence-corrected chi connectivity index (χ3v) is 3.72. The molecule has 0 fully saturated rings. The van der Waals surface area contributed by atoms with Gasteiger partial charge in [0.25, 0.3) is 0 Å². The first-order valence-corrected chi connectivity index (χ1v) is 6.27. The van der Waals surface area contributed by atoms with Crippen LogP contribution in [0.15, 0.2) is 18.6 Å². The molecule has 0 spiro atoms. The molecule has 0 saturated carbocycles. The highest BCUT2D eigenvalue weighted by atomic mass is 32.2. The monoisotopic (exact) mass is 240 g/mol. The second-order valence-electron chi connectivity index (χ2n) is 3.09. The molecule has 7 heteroatoms. The molecule has 0 bridgehead atoms. The molecule has 0 amide bonds. The van der Waals surface area contributed by atoms with E-state index in [1.54, 1.807) is 19.1 Å². The van der Waals surface area contributed by atoms with E-state index < -0.39 is 15.3 Å². The van der Waals surface area contributed by atoms with Gasteiger partial charge in [0.2, 0.25) is 10.0 Å². The normalized spacial score (nSPS) is 13.0. The van der Waals surface area contributed by atoms with Crippen molar-refractivity contribution >= 4 is 10.0 Å². The van der Waals surface area contributed by atoms with E-state index in [1.165, 1.54) is 12.5 Å². The lowest BCUT2D eigenvalue weighted by Gasteiger charge is -2.09. The largest absolute Gasteiger partial charge is 0.245 e. The Bertz CT molecular complexity index is 466. The van der Waals surface area contributed by atoms with Crippen molar-refractivity contribution in [2.24, 2.45) is 0 Å². The van der Waals surface area contributed by atoms with Gasteiger partial charge < -0.3 is 0 Å². The highest BCUT2D eigenvalue weighted by molar-refractivity contribution is 7.90. The number of hydrogen-bond acceptors (Lipinski definition) is 5. The zero-order chi connectivity index (χ0) is 12.0. The molecule has 1 N–H and O–H groups in total. The molecule has 0 aliphatic carbocycles. The highest BCUT2D eigenvalue weighted by Gasteiger charge is 2.22. The van der Waals surface area contributed by atoms with Crippen molar-refractivity contribution in [1.29, 1.82) is 5.26 Å². The number of sulfonamides is 1. The molecule has 0 radical (unpaired) electrons. The number of nitrogens with one attached hydrogen (secondary N) is 1. The van der Waals surface area contributed by atoms with Gasteiger partial charge in [0.15, 0.2) is 5.25 Å². The van der Waals surface area contributed by atoms with Crippen LogP contribution in [0.3, 0.4) is 0 Å². The predicted molar refractivity (Wildman–Crippen MR) is 57.5 cm³/mol. The molecular weight excluding hydrogens is 228 g/mol. The van der Waals surface area contributed by atoms with E-state index in [0.717, 1.165) is 0 Å². The zero-order valence-electron chi connectivity index (χ0n) is 8.79. The van der Waals surface area contributed by atoms with Gasteiger partial charge in [-0.25, -0.2) is 23.1 Å². The van der Waals surface area contributed by atoms with Crippen molar-refractivity contribution < 1.29 is 8.42 Å². The van der Waals surface area contributed by atoms with E-state index >= 15 is 0 Å². The Morgan fingerprint density at radius 1 is 1.62 bits per heavy atom. The molecule has 1 rings (SSSR count). The summed E-state index contributed by atoms with van der Waals surface area (Å²) in [5, 5.41) is 7.64. The van der Waals surface area contributed by atoms with E-state index in [9.17, 15) is 8.42 Å². The van der Waals surface area contributed by atoms with Crippen molar-refractivity contribution in [2.45, 2.75) is 25.1 Å². The van der Waals surface area contributed by atoms with Crippen LogP contribution >= 0.6 is 0 Å². The van der Waals surface area contributed by atoms with Crippen LogP contribution in [-0.4, -0.2) is 23.6 Å². The van der Waals surface area contributed by atoms with Crippen molar-refractivity contribution in [3.63, 3.8) is 0 Å². The van der Waals surface area contributed by atoms with E-state index in [1.807, 2.05) is 0 Å². The molecule has 0 aliphatic rings. The minimum Gasteiger partial charge on any atom is -0.245 e. The van der Waals surface area contributed by atoms with Crippen LogP contribution in [0.4, 0.5) is 0 Å². The molecule has 1 aromatic rings. The first-order chi connectivity index (χ1) is 7.60. The van der Waals surface area contributed by atoms with Crippen LogP contribution in [0.5, 0.6) is 0 Å². The molecule has 6 nitrogen and oxygen atoms in total. The zero-order valence-corrected chi connectivity index (χ0v) is 9.61. The maximum absolute atomic E-state index is 11.6. The van der Waals surface area contributed by atoms with E-state index in [-0.39, 0.29) is 13.0 Å². The van der Waals surface area contributed by atoms with Crippen LogP contribution in [0.1, 0.15) is 19.0 Å². The minimum atomic E-state index is -3.59. The fourth-order valence-electron chi connectivity index (χ4n) is 1.08. The third kappa shape index (κ3) is 3.25. The van der Waals surface area contributed by atoms with Crippen molar-refractivity contribution in [3.05, 3.63) is 24.3 Å². The average molecular weight is 240 g/mol. The van der Waals surface area contributed by atoms with Gasteiger partial charge in [-0.2, -0.15) is 5.26 Å². The molecule has 0 aromatic carbocycles. The first-order valence-electron chi connectivity index (χ1n) is 4.73. The minimum absolute atomic E-state index is 0.0725. The second kappa shape index (κ2) is 5.53. The SMILES string of the molecule is CCC(C#N)S(=O)(=O)NCc1ccncn1. The summed E-state index contributed by atoms with van der Waals surface area (Å²) in [5.41, 5.74) is 0.561. The van der Waals surface area contributed by atoms with Crippen LogP contribution < -0.4 is 4.72 Å². The summed E-state index contributed by atoms with van der Waals surface area (Å²) in [6, 6.07) is 3.35. The smallest absolute Gasteiger partial charge is 0.228 e. The summed E-state index contributed by atoms with van der Waals surface area (Å²) in [5.74, 6) is 0. The molecule has 1 unspecified atom stereocenters. The molecular formula is C9H12N4O2S. The summed E-state index contributed by atoms with van der Waals surface area (Å²) in [6.07, 6.45) is 3.12. The summed E-state index contributed by atoms with van der Waals surface area (Å²) in [7, 11) is -3.59. The Hall–Kier alpha value is -1.52. The Labute approximate surface area is 94.4 Å². The van der Waals surface area contributed by atoms with Crippen molar-refractivity contribution in [1.82, 2.24) is 14.7 Å². The highest BCUT2D eigenvalue weighted by Crippen LogP contribution is 2.03. The van der Waals surface area contributed by atoms with Gasteiger partial charge in [0.05, 0.1) is 18.3 Å². The number of nitriles is 1. The second-order valence-corrected chi connectivity index (χ2v) is 5.04. The van der Waals surface area contributed by atoms with E-state index in [2.05, 4.69) is 14.7 Å². The quantitative estimate of drug-likeness (QED) is 0.793. The molecule has 1 heterocycles. The van der Waals surface area contributed by atoms with Crippen LogP contribution in [0.25, 0.3) is 0 Å². The van der Waals surface area contributed by atoms with Gasteiger partial charge in [-0.3, -0.25) is 0 Å². The third-order valence-electron chi connectivity index (χ3n) is 1.99. The fourth-order valence-corrected chi connectivity index (χ4v) is 2.21. The Kier molecular flexibility index (Phi) is 4.34. The molecule has 16 heavy (non-hydrogen) atoms. The van der Waals surface area contributed by atoms with Gasteiger partial charge in [-0.15, -0.1) is 0 Å².